The van der Waals surface area contributed by atoms with Crippen LogP contribution in [0.1, 0.15) is 31.0 Å². The van der Waals surface area contributed by atoms with Crippen LogP contribution < -0.4 is 5.56 Å². The molecule has 0 fully saturated rings. The molecule has 3 aromatic rings. The molecule has 2 heterocycles. The SMILES string of the molecule is CC(C)c1cc(=O)[nH]c2nnc(SCc3ccc(Cl)cc3)n12. The van der Waals surface area contributed by atoms with Gasteiger partial charge in [0.1, 0.15) is 0 Å². The zero-order valence-corrected chi connectivity index (χ0v) is 13.8. The van der Waals surface area contributed by atoms with E-state index < -0.39 is 0 Å². The van der Waals surface area contributed by atoms with Crippen molar-refractivity contribution in [2.75, 3.05) is 0 Å². The van der Waals surface area contributed by atoms with Gasteiger partial charge in [-0.05, 0) is 23.6 Å². The Morgan fingerprint density at radius 1 is 1.27 bits per heavy atom. The van der Waals surface area contributed by atoms with E-state index in [0.29, 0.717) is 5.78 Å². The number of benzene rings is 1. The largest absolute Gasteiger partial charge is 0.291 e. The zero-order chi connectivity index (χ0) is 15.7. The van der Waals surface area contributed by atoms with Crippen molar-refractivity contribution >= 4 is 29.1 Å². The van der Waals surface area contributed by atoms with E-state index in [-0.39, 0.29) is 11.5 Å². The molecule has 5 nitrogen and oxygen atoms in total. The van der Waals surface area contributed by atoms with Gasteiger partial charge in [-0.2, -0.15) is 0 Å². The van der Waals surface area contributed by atoms with E-state index in [0.717, 1.165) is 27.2 Å². The molecule has 22 heavy (non-hydrogen) atoms. The van der Waals surface area contributed by atoms with Crippen molar-refractivity contribution in [3.8, 4) is 0 Å². The molecule has 3 rings (SSSR count). The van der Waals surface area contributed by atoms with Crippen molar-refractivity contribution in [2.24, 2.45) is 0 Å². The molecule has 0 unspecified atom stereocenters. The lowest BCUT2D eigenvalue weighted by molar-refractivity contribution is 0.754. The molecule has 0 radical (unpaired) electrons. The van der Waals surface area contributed by atoms with E-state index >= 15 is 0 Å². The molecule has 2 aromatic heterocycles. The summed E-state index contributed by atoms with van der Waals surface area (Å²) in [5.41, 5.74) is 1.90. The number of aromatic amines is 1. The number of halogens is 1. The number of rotatable bonds is 4. The highest BCUT2D eigenvalue weighted by Crippen LogP contribution is 2.24. The fourth-order valence-corrected chi connectivity index (χ4v) is 3.21. The van der Waals surface area contributed by atoms with E-state index in [9.17, 15) is 4.79 Å². The third kappa shape index (κ3) is 3.03. The maximum absolute atomic E-state index is 11.7. The van der Waals surface area contributed by atoms with Gasteiger partial charge in [-0.25, -0.2) is 0 Å². The number of nitrogens with one attached hydrogen (secondary N) is 1. The minimum atomic E-state index is -0.155. The van der Waals surface area contributed by atoms with Crippen molar-refractivity contribution in [1.82, 2.24) is 19.6 Å². The van der Waals surface area contributed by atoms with Gasteiger partial charge >= 0.3 is 0 Å². The van der Waals surface area contributed by atoms with Gasteiger partial charge in [-0.15, -0.1) is 10.2 Å². The Morgan fingerprint density at radius 3 is 2.68 bits per heavy atom. The van der Waals surface area contributed by atoms with Crippen LogP contribution in [-0.2, 0) is 5.75 Å². The lowest BCUT2D eigenvalue weighted by Gasteiger charge is -2.09. The Bertz CT molecular complexity index is 854. The molecule has 1 aromatic carbocycles. The van der Waals surface area contributed by atoms with Gasteiger partial charge in [-0.3, -0.25) is 14.2 Å². The predicted molar refractivity (Wildman–Crippen MR) is 88.7 cm³/mol. The van der Waals surface area contributed by atoms with Crippen molar-refractivity contribution in [1.29, 1.82) is 0 Å². The number of H-pyrrole nitrogens is 1. The monoisotopic (exact) mass is 334 g/mol. The first-order valence-corrected chi connectivity index (χ1v) is 8.26. The smallest absolute Gasteiger partial charge is 0.252 e. The molecule has 7 heteroatoms. The first-order chi connectivity index (χ1) is 10.5. The number of hydrogen-bond acceptors (Lipinski definition) is 4. The number of thioether (sulfide) groups is 1. The van der Waals surface area contributed by atoms with Crippen LogP contribution in [0.25, 0.3) is 5.78 Å². The summed E-state index contributed by atoms with van der Waals surface area (Å²) in [4.78, 5) is 14.4. The minimum absolute atomic E-state index is 0.155. The van der Waals surface area contributed by atoms with Crippen LogP contribution in [-0.4, -0.2) is 19.6 Å². The van der Waals surface area contributed by atoms with Crippen LogP contribution in [0, 0.1) is 0 Å². The fourth-order valence-electron chi connectivity index (χ4n) is 2.18. The molecule has 0 amide bonds. The van der Waals surface area contributed by atoms with Gasteiger partial charge in [0.25, 0.3) is 5.56 Å². The minimum Gasteiger partial charge on any atom is -0.291 e. The first-order valence-electron chi connectivity index (χ1n) is 6.90. The molecule has 0 atom stereocenters. The quantitative estimate of drug-likeness (QED) is 0.742. The highest BCUT2D eigenvalue weighted by atomic mass is 35.5. The molecule has 1 N–H and O–H groups in total. The third-order valence-corrected chi connectivity index (χ3v) is 4.53. The van der Waals surface area contributed by atoms with Crippen LogP contribution in [0.2, 0.25) is 5.02 Å². The van der Waals surface area contributed by atoms with Gasteiger partial charge in [0.15, 0.2) is 5.16 Å². The van der Waals surface area contributed by atoms with Crippen molar-refractivity contribution in [3.63, 3.8) is 0 Å². The Hall–Kier alpha value is -1.79. The molecule has 0 saturated carbocycles. The topological polar surface area (TPSA) is 63.0 Å². The van der Waals surface area contributed by atoms with Crippen LogP contribution in [0.4, 0.5) is 0 Å². The summed E-state index contributed by atoms with van der Waals surface area (Å²) in [6, 6.07) is 9.33. The molecule has 0 aliphatic heterocycles. The Labute approximate surface area is 136 Å². The lowest BCUT2D eigenvalue weighted by Crippen LogP contribution is -2.12. The summed E-state index contributed by atoms with van der Waals surface area (Å²) in [7, 11) is 0. The third-order valence-electron chi connectivity index (χ3n) is 3.28. The van der Waals surface area contributed by atoms with Crippen molar-refractivity contribution in [2.45, 2.75) is 30.7 Å². The zero-order valence-electron chi connectivity index (χ0n) is 12.2. The molecule has 0 saturated heterocycles. The van der Waals surface area contributed by atoms with E-state index in [4.69, 9.17) is 11.6 Å². The lowest BCUT2D eigenvalue weighted by atomic mass is 10.1. The standard InChI is InChI=1S/C15H15ClN4OS/c1-9(2)12-7-13(21)17-14-18-19-15(20(12)14)22-8-10-3-5-11(16)6-4-10/h3-7,9H,8H2,1-2H3,(H,17,18,21). The molecule has 0 spiro atoms. The summed E-state index contributed by atoms with van der Waals surface area (Å²) in [6.07, 6.45) is 0. The molecular weight excluding hydrogens is 320 g/mol. The van der Waals surface area contributed by atoms with Gasteiger partial charge in [0.2, 0.25) is 5.78 Å². The van der Waals surface area contributed by atoms with Gasteiger partial charge in [0, 0.05) is 22.5 Å². The Morgan fingerprint density at radius 2 is 2.00 bits per heavy atom. The molecule has 114 valence electrons. The van der Waals surface area contributed by atoms with Gasteiger partial charge in [0.05, 0.1) is 0 Å². The van der Waals surface area contributed by atoms with Crippen LogP contribution in [0.5, 0.6) is 0 Å². The molecule has 0 bridgehead atoms. The maximum atomic E-state index is 11.7. The van der Waals surface area contributed by atoms with Crippen LogP contribution in [0.15, 0.2) is 40.3 Å². The second kappa shape index (κ2) is 6.14. The van der Waals surface area contributed by atoms with Gasteiger partial charge < -0.3 is 0 Å². The Balaban J connectivity index is 1.94. The van der Waals surface area contributed by atoms with Crippen molar-refractivity contribution < 1.29 is 0 Å². The fraction of sp³-hybridized carbons (Fsp3) is 0.267. The predicted octanol–water partition coefficient (Wildman–Crippen LogP) is 3.49. The van der Waals surface area contributed by atoms with E-state index in [1.165, 1.54) is 0 Å². The number of fused-ring (bicyclic) bond motifs is 1. The second-order valence-electron chi connectivity index (χ2n) is 5.27. The molecular formula is C15H15ClN4OS. The number of hydrogen-bond donors (Lipinski definition) is 1. The Kier molecular flexibility index (Phi) is 4.22. The van der Waals surface area contributed by atoms with Crippen LogP contribution >= 0.6 is 23.4 Å². The van der Waals surface area contributed by atoms with Crippen LogP contribution in [0.3, 0.4) is 0 Å². The van der Waals surface area contributed by atoms with E-state index in [1.807, 2.05) is 42.5 Å². The normalized spacial score (nSPS) is 11.5. The average Bonchev–Trinajstić information content (AvgIpc) is 2.88. The van der Waals surface area contributed by atoms with Crippen molar-refractivity contribution in [3.05, 3.63) is 57.0 Å². The van der Waals surface area contributed by atoms with E-state index in [1.54, 1.807) is 17.8 Å². The summed E-state index contributed by atoms with van der Waals surface area (Å²) in [6.45, 7) is 4.09. The van der Waals surface area contributed by atoms with Gasteiger partial charge in [-0.1, -0.05) is 49.3 Å². The maximum Gasteiger partial charge on any atom is 0.252 e. The molecule has 0 aliphatic rings. The first kappa shape index (κ1) is 15.1. The highest BCUT2D eigenvalue weighted by Gasteiger charge is 2.14. The summed E-state index contributed by atoms with van der Waals surface area (Å²) in [5.74, 6) is 1.44. The number of aromatic nitrogens is 4. The summed E-state index contributed by atoms with van der Waals surface area (Å²) < 4.78 is 1.91. The summed E-state index contributed by atoms with van der Waals surface area (Å²) >= 11 is 7.47. The van der Waals surface area contributed by atoms with E-state index in [2.05, 4.69) is 15.2 Å². The average molecular weight is 335 g/mol. The summed E-state index contributed by atoms with van der Waals surface area (Å²) in [5, 5.41) is 9.75. The highest BCUT2D eigenvalue weighted by molar-refractivity contribution is 7.98. The number of nitrogens with zero attached hydrogens (tertiary/aromatic N) is 3. The second-order valence-corrected chi connectivity index (χ2v) is 6.65. The molecule has 0 aliphatic carbocycles.